The minimum absolute atomic E-state index is 0.222. The summed E-state index contributed by atoms with van der Waals surface area (Å²) >= 11 is 0. The third-order valence-electron chi connectivity index (χ3n) is 3.89. The number of para-hydroxylation sites is 1. The lowest BCUT2D eigenvalue weighted by Gasteiger charge is -2.12. The topological polar surface area (TPSA) is 80.6 Å². The van der Waals surface area contributed by atoms with Gasteiger partial charge in [0.15, 0.2) is 0 Å². The molecule has 3 aromatic rings. The predicted molar refractivity (Wildman–Crippen MR) is 99.2 cm³/mol. The van der Waals surface area contributed by atoms with E-state index in [0.717, 1.165) is 11.0 Å². The third kappa shape index (κ3) is 4.03. The Morgan fingerprint density at radius 2 is 1.85 bits per heavy atom. The van der Waals surface area contributed by atoms with Crippen molar-refractivity contribution in [3.63, 3.8) is 0 Å². The fraction of sp³-hybridized carbons (Fsp3) is 0.200. The summed E-state index contributed by atoms with van der Waals surface area (Å²) in [5.74, 6) is 0.473. The van der Waals surface area contributed by atoms with Crippen molar-refractivity contribution in [3.8, 4) is 0 Å². The Morgan fingerprint density at radius 3 is 2.54 bits per heavy atom. The Labute approximate surface area is 151 Å². The fourth-order valence-electron chi connectivity index (χ4n) is 2.56. The molecule has 2 N–H and O–H groups in total. The van der Waals surface area contributed by atoms with Crippen LogP contribution in [0.25, 0.3) is 11.0 Å². The number of anilines is 1. The van der Waals surface area contributed by atoms with E-state index in [4.69, 9.17) is 9.15 Å². The number of furan rings is 1. The highest BCUT2D eigenvalue weighted by Gasteiger charge is 2.15. The number of ether oxygens (including phenoxy) is 1. The van der Waals surface area contributed by atoms with Gasteiger partial charge in [-0.15, -0.1) is 0 Å². The average Bonchev–Trinajstić information content (AvgIpc) is 3.07. The van der Waals surface area contributed by atoms with Crippen molar-refractivity contribution < 1.29 is 18.7 Å². The predicted octanol–water partition coefficient (Wildman–Crippen LogP) is 4.49. The number of carbonyl (C=O) groups is 2. The van der Waals surface area contributed by atoms with Crippen molar-refractivity contribution in [2.75, 3.05) is 11.9 Å². The Hall–Kier alpha value is -3.28. The van der Waals surface area contributed by atoms with Crippen molar-refractivity contribution in [1.29, 1.82) is 0 Å². The summed E-state index contributed by atoms with van der Waals surface area (Å²) in [5, 5.41) is 6.49. The number of fused-ring (bicyclic) bond motifs is 1. The van der Waals surface area contributed by atoms with Gasteiger partial charge in [-0.1, -0.05) is 18.2 Å². The highest BCUT2D eigenvalue weighted by atomic mass is 16.5. The molecule has 134 valence electrons. The minimum Gasteiger partial charge on any atom is -0.459 e. The lowest BCUT2D eigenvalue weighted by Crippen LogP contribution is -2.26. The smallest absolute Gasteiger partial charge is 0.411 e. The molecule has 2 aromatic carbocycles. The number of amides is 2. The molecule has 0 spiro atoms. The van der Waals surface area contributed by atoms with Gasteiger partial charge in [0.2, 0.25) is 0 Å². The van der Waals surface area contributed by atoms with Gasteiger partial charge in [0.1, 0.15) is 11.3 Å². The van der Waals surface area contributed by atoms with Crippen molar-refractivity contribution in [3.05, 3.63) is 65.9 Å². The van der Waals surface area contributed by atoms with E-state index in [1.54, 1.807) is 31.2 Å². The van der Waals surface area contributed by atoms with Gasteiger partial charge in [-0.05, 0) is 50.2 Å². The summed E-state index contributed by atoms with van der Waals surface area (Å²) in [4.78, 5) is 23.8. The van der Waals surface area contributed by atoms with Gasteiger partial charge in [-0.2, -0.15) is 0 Å². The molecule has 1 heterocycles. The summed E-state index contributed by atoms with van der Waals surface area (Å²) < 4.78 is 10.6. The van der Waals surface area contributed by atoms with Crippen LogP contribution in [0.4, 0.5) is 10.5 Å². The molecule has 0 aliphatic heterocycles. The van der Waals surface area contributed by atoms with Crippen LogP contribution in [0.15, 0.2) is 59.0 Å². The molecule has 6 heteroatoms. The number of nitrogens with one attached hydrogen (secondary N) is 2. The van der Waals surface area contributed by atoms with Crippen LogP contribution in [0.1, 0.15) is 36.0 Å². The largest absolute Gasteiger partial charge is 0.459 e. The van der Waals surface area contributed by atoms with Crippen LogP contribution >= 0.6 is 0 Å². The quantitative estimate of drug-likeness (QED) is 0.709. The second-order valence-corrected chi connectivity index (χ2v) is 5.80. The van der Waals surface area contributed by atoms with Crippen molar-refractivity contribution >= 4 is 28.7 Å². The van der Waals surface area contributed by atoms with Gasteiger partial charge in [0, 0.05) is 16.6 Å². The lowest BCUT2D eigenvalue weighted by molar-refractivity contribution is 0.0935. The monoisotopic (exact) mass is 352 g/mol. The van der Waals surface area contributed by atoms with Crippen molar-refractivity contribution in [1.82, 2.24) is 5.32 Å². The third-order valence-corrected chi connectivity index (χ3v) is 3.89. The molecule has 0 aliphatic rings. The van der Waals surface area contributed by atoms with E-state index in [-0.39, 0.29) is 11.9 Å². The molecule has 0 radical (unpaired) electrons. The van der Waals surface area contributed by atoms with Gasteiger partial charge < -0.3 is 14.5 Å². The van der Waals surface area contributed by atoms with E-state index in [0.29, 0.717) is 23.6 Å². The first kappa shape index (κ1) is 17.5. The summed E-state index contributed by atoms with van der Waals surface area (Å²) in [6, 6.07) is 15.9. The lowest BCUT2D eigenvalue weighted by atomic mass is 10.1. The molecule has 1 atom stereocenters. The molecule has 0 aliphatic carbocycles. The highest BCUT2D eigenvalue weighted by molar-refractivity contribution is 5.95. The van der Waals surface area contributed by atoms with E-state index in [1.165, 1.54) is 0 Å². The number of rotatable bonds is 5. The summed E-state index contributed by atoms with van der Waals surface area (Å²) in [6.07, 6.45) is -0.525. The zero-order valence-electron chi connectivity index (χ0n) is 14.6. The van der Waals surface area contributed by atoms with Gasteiger partial charge in [-0.3, -0.25) is 10.1 Å². The standard InChI is InChI=1S/C20H20N2O4/c1-3-25-20(24)22-16-10-8-14(9-11-16)19(23)21-13(2)18-12-15-6-4-5-7-17(15)26-18/h4-13H,3H2,1-2H3,(H,21,23)(H,22,24)/t13-/m1/s1. The zero-order chi connectivity index (χ0) is 18.5. The van der Waals surface area contributed by atoms with Gasteiger partial charge in [-0.25, -0.2) is 4.79 Å². The second kappa shape index (κ2) is 7.74. The first-order valence-corrected chi connectivity index (χ1v) is 8.40. The van der Waals surface area contributed by atoms with Crippen molar-refractivity contribution in [2.24, 2.45) is 0 Å². The van der Waals surface area contributed by atoms with Crippen LogP contribution in [0, 0.1) is 0 Å². The molecule has 2 amide bonds. The number of hydrogen-bond acceptors (Lipinski definition) is 4. The maximum absolute atomic E-state index is 12.4. The van der Waals surface area contributed by atoms with Crippen LogP contribution < -0.4 is 10.6 Å². The Bertz CT molecular complexity index is 882. The summed E-state index contributed by atoms with van der Waals surface area (Å²) in [6.45, 7) is 3.90. The molecule has 0 saturated carbocycles. The maximum atomic E-state index is 12.4. The zero-order valence-corrected chi connectivity index (χ0v) is 14.6. The Balaban J connectivity index is 1.64. The first-order valence-electron chi connectivity index (χ1n) is 8.40. The van der Waals surface area contributed by atoms with Gasteiger partial charge in [0.05, 0.1) is 12.6 Å². The highest BCUT2D eigenvalue weighted by Crippen LogP contribution is 2.23. The molecule has 1 aromatic heterocycles. The Kier molecular flexibility index (Phi) is 5.22. The molecular formula is C20H20N2O4. The van der Waals surface area contributed by atoms with Gasteiger partial charge in [0.25, 0.3) is 5.91 Å². The average molecular weight is 352 g/mol. The molecule has 6 nitrogen and oxygen atoms in total. The SMILES string of the molecule is CCOC(=O)Nc1ccc(C(=O)N[C@H](C)c2cc3ccccc3o2)cc1. The van der Waals surface area contributed by atoms with Crippen LogP contribution in [0.2, 0.25) is 0 Å². The fourth-order valence-corrected chi connectivity index (χ4v) is 2.56. The minimum atomic E-state index is -0.525. The summed E-state index contributed by atoms with van der Waals surface area (Å²) in [5.41, 5.74) is 1.84. The van der Waals surface area contributed by atoms with E-state index in [2.05, 4.69) is 10.6 Å². The van der Waals surface area contributed by atoms with E-state index < -0.39 is 6.09 Å². The molecule has 3 rings (SSSR count). The second-order valence-electron chi connectivity index (χ2n) is 5.80. The number of hydrogen-bond donors (Lipinski definition) is 2. The van der Waals surface area contributed by atoms with Crippen LogP contribution in [0.5, 0.6) is 0 Å². The maximum Gasteiger partial charge on any atom is 0.411 e. The molecule has 0 unspecified atom stereocenters. The first-order chi connectivity index (χ1) is 12.6. The van der Waals surface area contributed by atoms with Crippen LogP contribution in [-0.2, 0) is 4.74 Å². The molecule has 0 bridgehead atoms. The molecular weight excluding hydrogens is 332 g/mol. The van der Waals surface area contributed by atoms with Crippen LogP contribution in [0.3, 0.4) is 0 Å². The molecule has 0 saturated heterocycles. The number of benzene rings is 2. The van der Waals surface area contributed by atoms with E-state index in [9.17, 15) is 9.59 Å². The Morgan fingerprint density at radius 1 is 1.12 bits per heavy atom. The van der Waals surface area contributed by atoms with Gasteiger partial charge >= 0.3 is 6.09 Å². The summed E-state index contributed by atoms with van der Waals surface area (Å²) in [7, 11) is 0. The molecule has 0 fully saturated rings. The normalized spacial score (nSPS) is 11.8. The van der Waals surface area contributed by atoms with Crippen LogP contribution in [-0.4, -0.2) is 18.6 Å². The number of carbonyl (C=O) groups excluding carboxylic acids is 2. The van der Waals surface area contributed by atoms with E-state index in [1.807, 2.05) is 37.3 Å². The van der Waals surface area contributed by atoms with E-state index >= 15 is 0 Å². The van der Waals surface area contributed by atoms with Crippen molar-refractivity contribution in [2.45, 2.75) is 19.9 Å². The molecule has 26 heavy (non-hydrogen) atoms.